The number of benzene rings is 1. The van der Waals surface area contributed by atoms with Gasteiger partial charge in [-0.05, 0) is 25.5 Å². The van der Waals surface area contributed by atoms with Gasteiger partial charge in [0.05, 0.1) is 0 Å². The first kappa shape index (κ1) is 16.0. The minimum atomic E-state index is -0.615. The number of piperazine rings is 1. The monoisotopic (exact) mass is 311 g/mol. The molecule has 2 heterocycles. The van der Waals surface area contributed by atoms with Crippen LogP contribution in [0.25, 0.3) is 0 Å². The number of aromatic nitrogens is 1. The van der Waals surface area contributed by atoms with E-state index < -0.39 is 6.10 Å². The van der Waals surface area contributed by atoms with Crippen molar-refractivity contribution in [1.29, 1.82) is 0 Å². The lowest BCUT2D eigenvalue weighted by molar-refractivity contribution is 0.209. The van der Waals surface area contributed by atoms with E-state index in [1.54, 1.807) is 6.20 Å². The second kappa shape index (κ2) is 7.11. The first-order chi connectivity index (χ1) is 11.1. The summed E-state index contributed by atoms with van der Waals surface area (Å²) in [5, 5.41) is 10.4. The van der Waals surface area contributed by atoms with Crippen LogP contribution in [0.4, 0.5) is 5.82 Å². The Balaban J connectivity index is 1.66. The van der Waals surface area contributed by atoms with Crippen LogP contribution >= 0.6 is 0 Å². The third kappa shape index (κ3) is 3.71. The fraction of sp³-hybridized carbons (Fsp3) is 0.421. The molecular formula is C19H25N3O. The molecule has 0 radical (unpaired) electrons. The minimum absolute atomic E-state index is 0.605. The maximum atomic E-state index is 10.4. The Bertz CT molecular complexity index is 604. The van der Waals surface area contributed by atoms with E-state index in [2.05, 4.69) is 28.6 Å². The van der Waals surface area contributed by atoms with Gasteiger partial charge in [-0.3, -0.25) is 4.90 Å². The molecule has 0 unspecified atom stereocenters. The summed E-state index contributed by atoms with van der Waals surface area (Å²) in [6.07, 6.45) is 1.18. The Morgan fingerprint density at radius 2 is 1.61 bits per heavy atom. The molecule has 0 spiro atoms. The number of nitrogens with zero attached hydrogens (tertiary/aromatic N) is 3. The predicted octanol–water partition coefficient (Wildman–Crippen LogP) is 2.69. The minimum Gasteiger partial charge on any atom is -0.384 e. The molecular weight excluding hydrogens is 286 g/mol. The van der Waals surface area contributed by atoms with Crippen molar-refractivity contribution in [3.8, 4) is 0 Å². The van der Waals surface area contributed by atoms with Crippen LogP contribution in [0.5, 0.6) is 0 Å². The summed E-state index contributed by atoms with van der Waals surface area (Å²) in [7, 11) is 0. The van der Waals surface area contributed by atoms with E-state index in [-0.39, 0.29) is 0 Å². The molecule has 4 nitrogen and oxygen atoms in total. The molecule has 1 fully saturated rings. The molecule has 1 atom stereocenters. The molecule has 0 amide bonds. The van der Waals surface area contributed by atoms with E-state index in [1.165, 1.54) is 0 Å². The highest BCUT2D eigenvalue weighted by molar-refractivity contribution is 5.41. The van der Waals surface area contributed by atoms with Crippen LogP contribution in [-0.4, -0.2) is 47.2 Å². The molecule has 1 N–H and O–H groups in total. The third-order valence-electron chi connectivity index (χ3n) is 4.57. The summed E-state index contributed by atoms with van der Waals surface area (Å²) >= 11 is 0. The van der Waals surface area contributed by atoms with Crippen molar-refractivity contribution < 1.29 is 5.11 Å². The fourth-order valence-electron chi connectivity index (χ4n) is 3.04. The molecule has 0 aliphatic carbocycles. The Labute approximate surface area is 138 Å². The summed E-state index contributed by atoms with van der Waals surface area (Å²) < 4.78 is 0. The van der Waals surface area contributed by atoms with Crippen LogP contribution in [0.2, 0.25) is 0 Å². The number of anilines is 1. The highest BCUT2D eigenvalue weighted by Gasteiger charge is 2.20. The number of aliphatic hydroxyl groups excluding tert-OH is 1. The maximum absolute atomic E-state index is 10.4. The average molecular weight is 311 g/mol. The van der Waals surface area contributed by atoms with Crippen molar-refractivity contribution in [3.05, 3.63) is 59.8 Å². The first-order valence-electron chi connectivity index (χ1n) is 8.33. The smallest absolute Gasteiger partial charge is 0.128 e. The zero-order chi connectivity index (χ0) is 16.2. The molecule has 0 saturated carbocycles. The van der Waals surface area contributed by atoms with Crippen LogP contribution in [0.15, 0.2) is 48.7 Å². The topological polar surface area (TPSA) is 39.6 Å². The van der Waals surface area contributed by atoms with Crippen molar-refractivity contribution in [2.24, 2.45) is 0 Å². The Kier molecular flexibility index (Phi) is 4.94. The summed E-state index contributed by atoms with van der Waals surface area (Å²) in [4.78, 5) is 9.37. The van der Waals surface area contributed by atoms with E-state index in [0.29, 0.717) is 6.04 Å². The van der Waals surface area contributed by atoms with Crippen LogP contribution < -0.4 is 4.90 Å². The molecule has 1 aliphatic rings. The largest absolute Gasteiger partial charge is 0.384 e. The molecule has 1 aliphatic heterocycles. The molecule has 3 rings (SSSR count). The van der Waals surface area contributed by atoms with Crippen molar-refractivity contribution in [2.45, 2.75) is 26.0 Å². The van der Waals surface area contributed by atoms with E-state index in [4.69, 9.17) is 0 Å². The van der Waals surface area contributed by atoms with Gasteiger partial charge in [-0.25, -0.2) is 4.98 Å². The SMILES string of the molecule is CC(C)N1CCN(c2ccc([C@@H](O)c3ccccc3)cn2)CC1. The quantitative estimate of drug-likeness (QED) is 0.942. The molecule has 1 saturated heterocycles. The summed E-state index contributed by atoms with van der Waals surface area (Å²) in [5.74, 6) is 0.998. The van der Waals surface area contributed by atoms with E-state index in [9.17, 15) is 5.11 Å². The van der Waals surface area contributed by atoms with Gasteiger partial charge in [0.1, 0.15) is 11.9 Å². The second-order valence-electron chi connectivity index (χ2n) is 6.38. The molecule has 23 heavy (non-hydrogen) atoms. The van der Waals surface area contributed by atoms with Crippen molar-refractivity contribution in [1.82, 2.24) is 9.88 Å². The molecule has 4 heteroatoms. The number of hydrogen-bond donors (Lipinski definition) is 1. The molecule has 122 valence electrons. The normalized spacial score (nSPS) is 17.5. The first-order valence-corrected chi connectivity index (χ1v) is 8.33. The van der Waals surface area contributed by atoms with E-state index in [1.807, 2.05) is 42.5 Å². The number of hydrogen-bond acceptors (Lipinski definition) is 4. The second-order valence-corrected chi connectivity index (χ2v) is 6.38. The van der Waals surface area contributed by atoms with Gasteiger partial charge in [-0.1, -0.05) is 36.4 Å². The van der Waals surface area contributed by atoms with Gasteiger partial charge < -0.3 is 10.0 Å². The van der Waals surface area contributed by atoms with E-state index in [0.717, 1.165) is 43.1 Å². The van der Waals surface area contributed by atoms with Crippen LogP contribution in [0.3, 0.4) is 0 Å². The fourth-order valence-corrected chi connectivity index (χ4v) is 3.04. The van der Waals surface area contributed by atoms with Gasteiger partial charge in [-0.2, -0.15) is 0 Å². The van der Waals surface area contributed by atoms with Gasteiger partial charge in [0, 0.05) is 44.0 Å². The van der Waals surface area contributed by atoms with Crippen molar-refractivity contribution in [2.75, 3.05) is 31.1 Å². The molecule has 1 aromatic carbocycles. The maximum Gasteiger partial charge on any atom is 0.128 e. The van der Waals surface area contributed by atoms with Crippen LogP contribution in [0.1, 0.15) is 31.1 Å². The van der Waals surface area contributed by atoms with Crippen LogP contribution in [-0.2, 0) is 0 Å². The van der Waals surface area contributed by atoms with Crippen LogP contribution in [0, 0.1) is 0 Å². The highest BCUT2D eigenvalue weighted by Crippen LogP contribution is 2.23. The average Bonchev–Trinajstić information content (AvgIpc) is 2.62. The summed E-state index contributed by atoms with van der Waals surface area (Å²) in [5.41, 5.74) is 1.73. The highest BCUT2D eigenvalue weighted by atomic mass is 16.3. The standard InChI is InChI=1S/C19H25N3O/c1-15(2)21-10-12-22(13-11-21)18-9-8-17(14-20-18)19(23)16-6-4-3-5-7-16/h3-9,14-15,19,23H,10-13H2,1-2H3/t19-/m0/s1. The summed E-state index contributed by atoms with van der Waals surface area (Å²) in [6.45, 7) is 8.65. The lowest BCUT2D eigenvalue weighted by Crippen LogP contribution is -2.49. The molecule has 0 bridgehead atoms. The summed E-state index contributed by atoms with van der Waals surface area (Å²) in [6, 6.07) is 14.3. The van der Waals surface area contributed by atoms with Gasteiger partial charge in [0.25, 0.3) is 0 Å². The molecule has 1 aromatic heterocycles. The van der Waals surface area contributed by atoms with Crippen molar-refractivity contribution >= 4 is 5.82 Å². The Hall–Kier alpha value is -1.91. The van der Waals surface area contributed by atoms with Gasteiger partial charge >= 0.3 is 0 Å². The zero-order valence-corrected chi connectivity index (χ0v) is 13.9. The number of aliphatic hydroxyl groups is 1. The van der Waals surface area contributed by atoms with Crippen molar-refractivity contribution in [3.63, 3.8) is 0 Å². The Morgan fingerprint density at radius 1 is 0.913 bits per heavy atom. The number of rotatable bonds is 4. The van der Waals surface area contributed by atoms with Gasteiger partial charge in [-0.15, -0.1) is 0 Å². The molecule has 2 aromatic rings. The Morgan fingerprint density at radius 3 is 2.17 bits per heavy atom. The number of pyridine rings is 1. The zero-order valence-electron chi connectivity index (χ0n) is 13.9. The third-order valence-corrected chi connectivity index (χ3v) is 4.57. The lowest BCUT2D eigenvalue weighted by Gasteiger charge is -2.37. The van der Waals surface area contributed by atoms with Gasteiger partial charge in [0.2, 0.25) is 0 Å². The predicted molar refractivity (Wildman–Crippen MR) is 93.7 cm³/mol. The van der Waals surface area contributed by atoms with E-state index >= 15 is 0 Å². The van der Waals surface area contributed by atoms with Gasteiger partial charge in [0.15, 0.2) is 0 Å². The lowest BCUT2D eigenvalue weighted by atomic mass is 10.0.